The van der Waals surface area contributed by atoms with Gasteiger partial charge in [0.1, 0.15) is 5.60 Å². The minimum atomic E-state index is -1.07. The lowest BCUT2D eigenvalue weighted by Gasteiger charge is -2.19. The van der Waals surface area contributed by atoms with Crippen molar-refractivity contribution in [2.45, 2.75) is 50.4 Å². The molecule has 5 heteroatoms. The Morgan fingerprint density at radius 2 is 1.95 bits per heavy atom. The predicted molar refractivity (Wildman–Crippen MR) is 77.8 cm³/mol. The standard InChI is InChI=1S/C14H21NO3S/c1-10(2)19(17)12-8-6-7-11(9-12)15-13(16)18-14(3,4)5/h6-10H,1-5H3,(H,15,16). The third-order valence-electron chi connectivity index (χ3n) is 2.14. The Hall–Kier alpha value is -1.36. The molecule has 1 rings (SSSR count). The number of ether oxygens (including phenoxy) is 1. The third-order valence-corrected chi connectivity index (χ3v) is 3.71. The lowest BCUT2D eigenvalue weighted by atomic mass is 10.2. The average Bonchev–Trinajstić information content (AvgIpc) is 2.25. The van der Waals surface area contributed by atoms with Gasteiger partial charge >= 0.3 is 6.09 Å². The summed E-state index contributed by atoms with van der Waals surface area (Å²) in [6, 6.07) is 7.00. The van der Waals surface area contributed by atoms with Gasteiger partial charge in [0, 0.05) is 15.8 Å². The maximum absolute atomic E-state index is 12.0. The van der Waals surface area contributed by atoms with Crippen molar-refractivity contribution >= 4 is 22.6 Å². The van der Waals surface area contributed by atoms with Crippen LogP contribution in [-0.4, -0.2) is 21.2 Å². The summed E-state index contributed by atoms with van der Waals surface area (Å²) >= 11 is 0. The van der Waals surface area contributed by atoms with Gasteiger partial charge in [0.05, 0.1) is 10.8 Å². The quantitative estimate of drug-likeness (QED) is 0.923. The van der Waals surface area contributed by atoms with Crippen molar-refractivity contribution < 1.29 is 13.7 Å². The molecule has 0 bridgehead atoms. The van der Waals surface area contributed by atoms with E-state index in [2.05, 4.69) is 5.32 Å². The van der Waals surface area contributed by atoms with E-state index in [0.29, 0.717) is 10.6 Å². The van der Waals surface area contributed by atoms with Crippen LogP contribution in [0.3, 0.4) is 0 Å². The maximum atomic E-state index is 12.0. The van der Waals surface area contributed by atoms with Gasteiger partial charge in [-0.3, -0.25) is 9.53 Å². The molecule has 0 aromatic heterocycles. The second-order valence-corrected chi connectivity index (χ2v) is 7.51. The summed E-state index contributed by atoms with van der Waals surface area (Å²) in [6.45, 7) is 9.19. The summed E-state index contributed by atoms with van der Waals surface area (Å²) in [4.78, 5) is 12.3. The highest BCUT2D eigenvalue weighted by molar-refractivity contribution is 7.85. The Kier molecular flexibility index (Phi) is 5.11. The highest BCUT2D eigenvalue weighted by Gasteiger charge is 2.16. The lowest BCUT2D eigenvalue weighted by molar-refractivity contribution is 0.0636. The van der Waals surface area contributed by atoms with Crippen LogP contribution in [0.5, 0.6) is 0 Å². The van der Waals surface area contributed by atoms with Crippen LogP contribution in [0.1, 0.15) is 34.6 Å². The number of carbonyl (C=O) groups is 1. The molecule has 0 spiro atoms. The van der Waals surface area contributed by atoms with E-state index < -0.39 is 22.5 Å². The van der Waals surface area contributed by atoms with E-state index in [1.165, 1.54) is 0 Å². The molecule has 0 radical (unpaired) electrons. The van der Waals surface area contributed by atoms with Crippen molar-refractivity contribution in [3.8, 4) is 0 Å². The van der Waals surface area contributed by atoms with E-state index in [1.807, 2.05) is 13.8 Å². The SMILES string of the molecule is CC(C)S(=O)c1cccc(NC(=O)OC(C)(C)C)c1. The van der Waals surface area contributed by atoms with Crippen LogP contribution in [0.4, 0.5) is 10.5 Å². The number of nitrogens with one attached hydrogen (secondary N) is 1. The molecule has 4 nitrogen and oxygen atoms in total. The zero-order valence-corrected chi connectivity index (χ0v) is 12.8. The van der Waals surface area contributed by atoms with E-state index in [9.17, 15) is 9.00 Å². The second-order valence-electron chi connectivity index (χ2n) is 5.50. The molecule has 1 unspecified atom stereocenters. The zero-order chi connectivity index (χ0) is 14.6. The molecule has 1 atom stereocenters. The summed E-state index contributed by atoms with van der Waals surface area (Å²) in [5.74, 6) is 0. The number of amides is 1. The fourth-order valence-corrected chi connectivity index (χ4v) is 2.39. The Balaban J connectivity index is 2.78. The monoisotopic (exact) mass is 283 g/mol. The Bertz CT molecular complexity index is 478. The van der Waals surface area contributed by atoms with Gasteiger partial charge in [0.2, 0.25) is 0 Å². The van der Waals surface area contributed by atoms with Crippen LogP contribution >= 0.6 is 0 Å². The van der Waals surface area contributed by atoms with Gasteiger partial charge in [-0.15, -0.1) is 0 Å². The molecule has 0 aliphatic carbocycles. The molecule has 1 amide bonds. The Morgan fingerprint density at radius 1 is 1.32 bits per heavy atom. The molecule has 1 aromatic carbocycles. The molecular weight excluding hydrogens is 262 g/mol. The van der Waals surface area contributed by atoms with Crippen molar-refractivity contribution in [2.24, 2.45) is 0 Å². The highest BCUT2D eigenvalue weighted by Crippen LogP contribution is 2.17. The molecule has 0 aliphatic rings. The minimum absolute atomic E-state index is 0.0387. The fourth-order valence-electron chi connectivity index (χ4n) is 1.39. The second kappa shape index (κ2) is 6.19. The van der Waals surface area contributed by atoms with E-state index in [1.54, 1.807) is 45.0 Å². The molecule has 0 heterocycles. The Morgan fingerprint density at radius 3 is 2.47 bits per heavy atom. The van der Waals surface area contributed by atoms with Gasteiger partial charge in [-0.2, -0.15) is 0 Å². The average molecular weight is 283 g/mol. The topological polar surface area (TPSA) is 55.4 Å². The van der Waals surface area contributed by atoms with Gasteiger partial charge in [0.15, 0.2) is 0 Å². The molecule has 0 aliphatic heterocycles. The van der Waals surface area contributed by atoms with Gasteiger partial charge in [-0.25, -0.2) is 4.79 Å². The van der Waals surface area contributed by atoms with Gasteiger partial charge in [0.25, 0.3) is 0 Å². The number of rotatable bonds is 3. The van der Waals surface area contributed by atoms with Gasteiger partial charge < -0.3 is 4.74 Å². The van der Waals surface area contributed by atoms with E-state index >= 15 is 0 Å². The summed E-state index contributed by atoms with van der Waals surface area (Å²) in [5, 5.41) is 2.68. The molecule has 1 N–H and O–H groups in total. The van der Waals surface area contributed by atoms with Crippen LogP contribution in [0.2, 0.25) is 0 Å². The largest absolute Gasteiger partial charge is 0.444 e. The van der Waals surface area contributed by atoms with Crippen LogP contribution in [0.15, 0.2) is 29.2 Å². The van der Waals surface area contributed by atoms with E-state index in [0.717, 1.165) is 0 Å². The van der Waals surface area contributed by atoms with Crippen molar-refractivity contribution in [3.05, 3.63) is 24.3 Å². The van der Waals surface area contributed by atoms with Crippen LogP contribution in [0.25, 0.3) is 0 Å². The predicted octanol–water partition coefficient (Wildman–Crippen LogP) is 3.55. The number of anilines is 1. The normalized spacial score (nSPS) is 13.2. The van der Waals surface area contributed by atoms with Crippen molar-refractivity contribution in [1.82, 2.24) is 0 Å². The van der Waals surface area contributed by atoms with Crippen LogP contribution < -0.4 is 5.32 Å². The molecule has 1 aromatic rings. The summed E-state index contributed by atoms with van der Waals surface area (Å²) < 4.78 is 17.1. The van der Waals surface area contributed by atoms with Crippen molar-refractivity contribution in [3.63, 3.8) is 0 Å². The smallest absolute Gasteiger partial charge is 0.412 e. The lowest BCUT2D eigenvalue weighted by Crippen LogP contribution is -2.27. The number of benzene rings is 1. The fraction of sp³-hybridized carbons (Fsp3) is 0.500. The third kappa shape index (κ3) is 5.42. The number of hydrogen-bond acceptors (Lipinski definition) is 3. The van der Waals surface area contributed by atoms with Crippen LogP contribution in [-0.2, 0) is 15.5 Å². The number of hydrogen-bond donors (Lipinski definition) is 1. The van der Waals surface area contributed by atoms with E-state index in [-0.39, 0.29) is 5.25 Å². The molecule has 0 fully saturated rings. The molecule has 19 heavy (non-hydrogen) atoms. The molecular formula is C14H21NO3S. The summed E-state index contributed by atoms with van der Waals surface area (Å²) in [5.41, 5.74) is 0.0448. The van der Waals surface area contributed by atoms with Crippen molar-refractivity contribution in [1.29, 1.82) is 0 Å². The number of carbonyl (C=O) groups excluding carboxylic acids is 1. The molecule has 0 saturated heterocycles. The van der Waals surface area contributed by atoms with Gasteiger partial charge in [-0.05, 0) is 39.0 Å². The first kappa shape index (κ1) is 15.7. The summed E-state index contributed by atoms with van der Waals surface area (Å²) in [7, 11) is -1.07. The molecule has 0 saturated carbocycles. The molecule has 106 valence electrons. The first-order chi connectivity index (χ1) is 8.69. The van der Waals surface area contributed by atoms with Crippen LogP contribution in [0, 0.1) is 0 Å². The highest BCUT2D eigenvalue weighted by atomic mass is 32.2. The minimum Gasteiger partial charge on any atom is -0.444 e. The zero-order valence-electron chi connectivity index (χ0n) is 12.0. The maximum Gasteiger partial charge on any atom is 0.412 e. The van der Waals surface area contributed by atoms with Crippen molar-refractivity contribution in [2.75, 3.05) is 5.32 Å². The first-order valence-corrected chi connectivity index (χ1v) is 7.41. The summed E-state index contributed by atoms with van der Waals surface area (Å²) in [6.07, 6.45) is -0.514. The Labute approximate surface area is 117 Å². The first-order valence-electron chi connectivity index (χ1n) is 6.19. The van der Waals surface area contributed by atoms with Gasteiger partial charge in [-0.1, -0.05) is 19.9 Å². The van der Waals surface area contributed by atoms with E-state index in [4.69, 9.17) is 4.74 Å².